The van der Waals surface area contributed by atoms with Crippen molar-refractivity contribution in [1.82, 2.24) is 19.8 Å². The maximum Gasteiger partial charge on any atom is 0.253 e. The van der Waals surface area contributed by atoms with E-state index in [1.165, 1.54) is 18.0 Å². The van der Waals surface area contributed by atoms with Crippen molar-refractivity contribution in [1.29, 1.82) is 0 Å². The van der Waals surface area contributed by atoms with E-state index in [0.717, 1.165) is 28.0 Å². The molecule has 0 bridgehead atoms. The van der Waals surface area contributed by atoms with Gasteiger partial charge in [0, 0.05) is 53.7 Å². The van der Waals surface area contributed by atoms with E-state index in [1.807, 2.05) is 80.8 Å². The summed E-state index contributed by atoms with van der Waals surface area (Å²) >= 11 is 1.28. The van der Waals surface area contributed by atoms with Crippen LogP contribution in [0.5, 0.6) is 0 Å². The van der Waals surface area contributed by atoms with Crippen molar-refractivity contribution in [3.63, 3.8) is 0 Å². The molecule has 0 atom stereocenters. The predicted octanol–water partition coefficient (Wildman–Crippen LogP) is 4.89. The van der Waals surface area contributed by atoms with E-state index < -0.39 is 5.41 Å². The van der Waals surface area contributed by atoms with Crippen molar-refractivity contribution in [2.75, 3.05) is 30.9 Å². The second-order valence-corrected chi connectivity index (χ2v) is 11.5. The average Bonchev–Trinajstić information content (AvgIpc) is 3.12. The van der Waals surface area contributed by atoms with Gasteiger partial charge in [-0.25, -0.2) is 4.98 Å². The maximum atomic E-state index is 13.3. The lowest BCUT2D eigenvalue weighted by Gasteiger charge is -2.28. The van der Waals surface area contributed by atoms with Gasteiger partial charge in [-0.2, -0.15) is 0 Å². The Morgan fingerprint density at radius 1 is 0.947 bits per heavy atom. The molecule has 0 spiro atoms. The van der Waals surface area contributed by atoms with Gasteiger partial charge in [0.25, 0.3) is 11.5 Å². The number of hydrogen-bond acceptors (Lipinski definition) is 6. The van der Waals surface area contributed by atoms with Crippen molar-refractivity contribution in [2.24, 2.45) is 5.41 Å². The number of nitrogens with one attached hydrogen (secondary N) is 2. The first-order chi connectivity index (χ1) is 18.0. The fraction of sp³-hybridized carbons (Fsp3) is 0.379. The van der Waals surface area contributed by atoms with Crippen LogP contribution in [-0.2, 0) is 4.79 Å². The quantitative estimate of drug-likeness (QED) is 0.453. The molecule has 0 radical (unpaired) electrons. The lowest BCUT2D eigenvalue weighted by molar-refractivity contribution is -0.139. The first kappa shape index (κ1) is 27.4. The summed E-state index contributed by atoms with van der Waals surface area (Å²) in [6.45, 7) is 12.1. The number of benzene rings is 2. The Labute approximate surface area is 228 Å². The summed E-state index contributed by atoms with van der Waals surface area (Å²) in [7, 11) is 0. The standard InChI is InChI=1S/C29H35N5O3S/c1-19-9-6-10-20(2)25(19)23-18-24(35)31-28(30-23)32-38-22-12-7-11-21(17-22)26(36)33-13-8-14-34(16-15-33)27(37)29(3,4)5/h6-7,9-12,17-18H,8,13-16H2,1-5H3,(H2,30,31,32,35). The third-order valence-corrected chi connectivity index (χ3v) is 7.32. The van der Waals surface area contributed by atoms with E-state index in [2.05, 4.69) is 14.7 Å². The summed E-state index contributed by atoms with van der Waals surface area (Å²) in [5, 5.41) is 0. The zero-order valence-corrected chi connectivity index (χ0v) is 23.4. The SMILES string of the molecule is Cc1cccc(C)c1-c1cc(=O)[nH]c(NSc2cccc(C(=O)N3CCCN(C(=O)C(C)(C)C)CC3)c2)n1. The number of carbonyl (C=O) groups excluding carboxylic acids is 2. The number of rotatable bonds is 5. The van der Waals surface area contributed by atoms with E-state index in [4.69, 9.17) is 0 Å². The number of aryl methyl sites for hydroxylation is 2. The Balaban J connectivity index is 1.44. The minimum Gasteiger partial charge on any atom is -0.340 e. The Bertz CT molecular complexity index is 1380. The number of hydrogen-bond donors (Lipinski definition) is 2. The first-order valence-electron chi connectivity index (χ1n) is 12.8. The molecule has 200 valence electrons. The number of nitrogens with zero attached hydrogens (tertiary/aromatic N) is 3. The molecule has 1 aromatic heterocycles. The molecule has 9 heteroatoms. The van der Waals surface area contributed by atoms with Gasteiger partial charge in [-0.3, -0.25) is 24.1 Å². The van der Waals surface area contributed by atoms with Gasteiger partial charge in [0.05, 0.1) is 5.69 Å². The molecular weight excluding hydrogens is 498 g/mol. The lowest BCUT2D eigenvalue weighted by Crippen LogP contribution is -2.42. The third kappa shape index (κ3) is 6.45. The van der Waals surface area contributed by atoms with Gasteiger partial charge in [0.1, 0.15) is 0 Å². The zero-order chi connectivity index (χ0) is 27.4. The minimum atomic E-state index is -0.435. The zero-order valence-electron chi connectivity index (χ0n) is 22.6. The largest absolute Gasteiger partial charge is 0.340 e. The predicted molar refractivity (Wildman–Crippen MR) is 152 cm³/mol. The van der Waals surface area contributed by atoms with Gasteiger partial charge < -0.3 is 9.80 Å². The molecule has 2 heterocycles. The molecule has 1 saturated heterocycles. The summed E-state index contributed by atoms with van der Waals surface area (Å²) in [5.74, 6) is 0.402. The number of H-pyrrole nitrogens is 1. The van der Waals surface area contributed by atoms with Crippen LogP contribution < -0.4 is 10.3 Å². The number of aromatic amines is 1. The molecule has 2 aromatic carbocycles. The van der Waals surface area contributed by atoms with Crippen LogP contribution >= 0.6 is 11.9 Å². The fourth-order valence-corrected chi connectivity index (χ4v) is 5.28. The molecule has 4 rings (SSSR count). The number of amides is 2. The van der Waals surface area contributed by atoms with E-state index >= 15 is 0 Å². The van der Waals surface area contributed by atoms with Crippen molar-refractivity contribution < 1.29 is 9.59 Å². The summed E-state index contributed by atoms with van der Waals surface area (Å²) < 4.78 is 3.12. The molecule has 2 N–H and O–H groups in total. The normalized spacial score (nSPS) is 14.2. The van der Waals surface area contributed by atoms with E-state index in [0.29, 0.717) is 43.4 Å². The van der Waals surface area contributed by atoms with Crippen molar-refractivity contribution in [2.45, 2.75) is 45.9 Å². The van der Waals surface area contributed by atoms with E-state index in [1.54, 1.807) is 6.07 Å². The van der Waals surface area contributed by atoms with Crippen molar-refractivity contribution in [3.05, 3.63) is 75.6 Å². The number of aromatic nitrogens is 2. The molecule has 3 aromatic rings. The Morgan fingerprint density at radius 3 is 2.32 bits per heavy atom. The molecule has 0 unspecified atom stereocenters. The van der Waals surface area contributed by atoms with Crippen LogP contribution in [0.2, 0.25) is 0 Å². The van der Waals surface area contributed by atoms with Crippen LogP contribution in [0.25, 0.3) is 11.3 Å². The molecule has 1 fully saturated rings. The monoisotopic (exact) mass is 533 g/mol. The molecule has 0 saturated carbocycles. The highest BCUT2D eigenvalue weighted by Crippen LogP contribution is 2.27. The molecule has 0 aliphatic carbocycles. The summed E-state index contributed by atoms with van der Waals surface area (Å²) in [5.41, 5.74) is 3.55. The van der Waals surface area contributed by atoms with E-state index in [9.17, 15) is 14.4 Å². The lowest BCUT2D eigenvalue weighted by atomic mass is 9.94. The van der Waals surface area contributed by atoms with Gasteiger partial charge >= 0.3 is 0 Å². The highest BCUT2D eigenvalue weighted by atomic mass is 32.2. The smallest absolute Gasteiger partial charge is 0.253 e. The molecule has 1 aliphatic heterocycles. The summed E-state index contributed by atoms with van der Waals surface area (Å²) in [6.07, 6.45) is 0.749. The molecule has 8 nitrogen and oxygen atoms in total. The summed E-state index contributed by atoms with van der Waals surface area (Å²) in [6, 6.07) is 14.9. The summed E-state index contributed by atoms with van der Waals surface area (Å²) in [4.78, 5) is 50.2. The molecular formula is C29H35N5O3S. The molecule has 38 heavy (non-hydrogen) atoms. The second kappa shape index (κ2) is 11.4. The molecule has 2 amide bonds. The van der Waals surface area contributed by atoms with Crippen LogP contribution in [0.3, 0.4) is 0 Å². The first-order valence-corrected chi connectivity index (χ1v) is 13.6. The second-order valence-electron chi connectivity index (χ2n) is 10.7. The Morgan fingerprint density at radius 2 is 1.61 bits per heavy atom. The topological polar surface area (TPSA) is 98.4 Å². The number of carbonyl (C=O) groups is 2. The average molecular weight is 534 g/mol. The van der Waals surface area contributed by atoms with Gasteiger partial charge in [-0.15, -0.1) is 0 Å². The number of anilines is 1. The van der Waals surface area contributed by atoms with Crippen LogP contribution in [0.1, 0.15) is 48.7 Å². The molecule has 1 aliphatic rings. The van der Waals surface area contributed by atoms with Crippen molar-refractivity contribution in [3.8, 4) is 11.3 Å². The van der Waals surface area contributed by atoms with Gasteiger partial charge in [-0.05, 0) is 61.5 Å². The van der Waals surface area contributed by atoms with Crippen LogP contribution in [0, 0.1) is 19.3 Å². The third-order valence-electron chi connectivity index (χ3n) is 6.54. The highest BCUT2D eigenvalue weighted by Gasteiger charge is 2.29. The van der Waals surface area contributed by atoms with Gasteiger partial charge in [0.2, 0.25) is 11.9 Å². The minimum absolute atomic E-state index is 0.0546. The van der Waals surface area contributed by atoms with Crippen molar-refractivity contribution >= 4 is 29.7 Å². The van der Waals surface area contributed by atoms with Crippen LogP contribution in [-0.4, -0.2) is 57.8 Å². The fourth-order valence-electron chi connectivity index (χ4n) is 4.63. The van der Waals surface area contributed by atoms with Crippen LogP contribution in [0.4, 0.5) is 5.95 Å². The van der Waals surface area contributed by atoms with Crippen LogP contribution in [0.15, 0.2) is 58.2 Å². The van der Waals surface area contributed by atoms with E-state index in [-0.39, 0.29) is 17.4 Å². The Kier molecular flexibility index (Phi) is 8.26. The van der Waals surface area contributed by atoms with Gasteiger partial charge in [-0.1, -0.05) is 45.0 Å². The Hall–Kier alpha value is -3.59. The maximum absolute atomic E-state index is 13.3. The van der Waals surface area contributed by atoms with Gasteiger partial charge in [0.15, 0.2) is 0 Å². The highest BCUT2D eigenvalue weighted by molar-refractivity contribution is 8.00.